The summed E-state index contributed by atoms with van der Waals surface area (Å²) in [5.74, 6) is -0.990. The van der Waals surface area contributed by atoms with Crippen LogP contribution >= 0.6 is 0 Å². The Hall–Kier alpha value is -4.12. The number of pyridine rings is 2. The minimum atomic E-state index is -0.990. The van der Waals surface area contributed by atoms with Crippen LogP contribution in [0.15, 0.2) is 85.1 Å². The van der Waals surface area contributed by atoms with Crippen LogP contribution < -0.4 is 0 Å². The number of carboxylic acids is 1. The molecule has 1 aliphatic carbocycles. The molecular formula is C30H20IrN3O2-. The molecule has 0 bridgehead atoms. The Balaban J connectivity index is 0.000000229. The van der Waals surface area contributed by atoms with Gasteiger partial charge in [-0.2, -0.15) is 0 Å². The van der Waals surface area contributed by atoms with Gasteiger partial charge in [-0.3, -0.25) is 4.98 Å². The first-order chi connectivity index (χ1) is 17.1. The van der Waals surface area contributed by atoms with Crippen molar-refractivity contribution in [2.45, 2.75) is 0 Å². The van der Waals surface area contributed by atoms with Crippen molar-refractivity contribution in [1.29, 1.82) is 0 Å². The fraction of sp³-hybridized carbons (Fsp3) is 0.0333. The molecule has 1 aliphatic rings. The second kappa shape index (κ2) is 9.50. The zero-order chi connectivity index (χ0) is 23.9. The molecule has 0 unspecified atom stereocenters. The van der Waals surface area contributed by atoms with Gasteiger partial charge in [0.25, 0.3) is 0 Å². The van der Waals surface area contributed by atoms with Crippen LogP contribution in [0.5, 0.6) is 0 Å². The number of aromatic carboxylic acids is 1. The number of carbonyl (C=O) groups is 1. The zero-order valence-corrected chi connectivity index (χ0v) is 21.7. The van der Waals surface area contributed by atoms with Crippen LogP contribution in [0.3, 0.4) is 0 Å². The van der Waals surface area contributed by atoms with Gasteiger partial charge in [-0.1, -0.05) is 60.0 Å². The van der Waals surface area contributed by atoms with Gasteiger partial charge in [-0.05, 0) is 52.0 Å². The molecule has 6 aromatic rings. The number of nitrogens with zero attached hydrogens (tertiary/aromatic N) is 3. The topological polar surface area (TPSA) is 68.0 Å². The maximum atomic E-state index is 10.1. The number of aromatic nitrogens is 3. The average Bonchev–Trinajstić information content (AvgIpc) is 3.45. The van der Waals surface area contributed by atoms with Crippen molar-refractivity contribution in [3.05, 3.63) is 108 Å². The van der Waals surface area contributed by atoms with E-state index >= 15 is 0 Å². The van der Waals surface area contributed by atoms with E-state index in [1.54, 1.807) is 12.1 Å². The van der Waals surface area contributed by atoms with E-state index in [-0.39, 0.29) is 25.8 Å². The monoisotopic (exact) mass is 647 g/mol. The number of fused-ring (bicyclic) bond motifs is 3. The van der Waals surface area contributed by atoms with E-state index in [0.717, 1.165) is 16.8 Å². The zero-order valence-electron chi connectivity index (χ0n) is 19.3. The van der Waals surface area contributed by atoms with Crippen LogP contribution in [-0.2, 0) is 27.2 Å². The van der Waals surface area contributed by atoms with Crippen molar-refractivity contribution in [3.8, 4) is 11.3 Å². The largest absolute Gasteiger partial charge is 0.477 e. The second-order valence-electron chi connectivity index (χ2n) is 8.41. The average molecular weight is 647 g/mol. The minimum absolute atomic E-state index is 0. The molecule has 0 amide bonds. The SMILES string of the molecule is Cn1c2ccccc2c2c[c-]c(-c3cc4c5c(cccc5n3)C=C4)cc21.O=C(O)c1ccccn1.[Ir]. The normalized spacial score (nSPS) is 11.4. The molecule has 0 spiro atoms. The van der Waals surface area contributed by atoms with E-state index in [0.29, 0.717) is 0 Å². The summed E-state index contributed by atoms with van der Waals surface area (Å²) in [4.78, 5) is 18.6. The second-order valence-corrected chi connectivity index (χ2v) is 8.41. The van der Waals surface area contributed by atoms with Gasteiger partial charge >= 0.3 is 5.97 Å². The van der Waals surface area contributed by atoms with Gasteiger partial charge < -0.3 is 9.67 Å². The molecule has 0 aliphatic heterocycles. The van der Waals surface area contributed by atoms with Gasteiger partial charge in [0.2, 0.25) is 0 Å². The van der Waals surface area contributed by atoms with Gasteiger partial charge in [0.1, 0.15) is 5.69 Å². The molecule has 3 aromatic carbocycles. The summed E-state index contributed by atoms with van der Waals surface area (Å²) in [5.41, 5.74) is 8.09. The molecule has 0 saturated carbocycles. The summed E-state index contributed by atoms with van der Waals surface area (Å²) in [6.07, 6.45) is 5.79. The van der Waals surface area contributed by atoms with Crippen molar-refractivity contribution in [2.75, 3.05) is 0 Å². The molecule has 5 nitrogen and oxygen atoms in total. The maximum absolute atomic E-state index is 10.1. The smallest absolute Gasteiger partial charge is 0.354 e. The molecular weight excluding hydrogens is 627 g/mol. The Kier molecular flexibility index (Phi) is 6.23. The van der Waals surface area contributed by atoms with Crippen LogP contribution in [0.25, 0.3) is 56.1 Å². The summed E-state index contributed by atoms with van der Waals surface area (Å²) in [6.45, 7) is 0. The van der Waals surface area contributed by atoms with E-state index in [1.165, 1.54) is 50.6 Å². The number of hydrogen-bond acceptors (Lipinski definition) is 3. The molecule has 3 aromatic heterocycles. The Morgan fingerprint density at radius 1 is 0.889 bits per heavy atom. The van der Waals surface area contributed by atoms with Crippen molar-refractivity contribution in [2.24, 2.45) is 7.05 Å². The molecule has 0 saturated heterocycles. The minimum Gasteiger partial charge on any atom is -0.477 e. The number of rotatable bonds is 2. The van der Waals surface area contributed by atoms with E-state index in [2.05, 4.69) is 95.5 Å². The fourth-order valence-corrected chi connectivity index (χ4v) is 4.67. The predicted octanol–water partition coefficient (Wildman–Crippen LogP) is 6.61. The fourth-order valence-electron chi connectivity index (χ4n) is 4.67. The Labute approximate surface area is 221 Å². The summed E-state index contributed by atoms with van der Waals surface area (Å²) in [5, 5.41) is 12.1. The number of aryl methyl sites for hydroxylation is 1. The van der Waals surface area contributed by atoms with Crippen LogP contribution in [0.1, 0.15) is 21.6 Å². The van der Waals surface area contributed by atoms with E-state index < -0.39 is 5.97 Å². The van der Waals surface area contributed by atoms with Crippen molar-refractivity contribution in [3.63, 3.8) is 0 Å². The number of benzene rings is 3. The first-order valence-corrected chi connectivity index (χ1v) is 11.3. The van der Waals surface area contributed by atoms with Crippen LogP contribution in [0, 0.1) is 6.07 Å². The standard InChI is InChI=1S/C24H15N2.C6H5NO2.Ir/c1-26-22-8-3-2-6-18(22)19-12-11-16(14-23(19)26)21-13-17-10-9-15-5-4-7-20(25-21)24(15)17;8-6(9)5-3-1-2-4-7-5;/h2-10,12-14H,1H3;1-4H,(H,8,9);/q-1;;. The quantitative estimate of drug-likeness (QED) is 0.215. The third-order valence-corrected chi connectivity index (χ3v) is 6.34. The Morgan fingerprint density at radius 3 is 2.47 bits per heavy atom. The third kappa shape index (κ3) is 4.01. The molecule has 1 radical (unpaired) electrons. The number of hydrogen-bond donors (Lipinski definition) is 1. The summed E-state index contributed by atoms with van der Waals surface area (Å²) in [6, 6.07) is 29.5. The van der Waals surface area contributed by atoms with Crippen molar-refractivity contribution < 1.29 is 30.0 Å². The Bertz CT molecular complexity index is 1790. The molecule has 3 heterocycles. The summed E-state index contributed by atoms with van der Waals surface area (Å²) >= 11 is 0. The van der Waals surface area contributed by atoms with Gasteiger partial charge in [0, 0.05) is 44.3 Å². The van der Waals surface area contributed by atoms with Crippen LogP contribution in [0.2, 0.25) is 0 Å². The van der Waals surface area contributed by atoms with Crippen molar-refractivity contribution in [1.82, 2.24) is 14.5 Å². The molecule has 6 heteroatoms. The summed E-state index contributed by atoms with van der Waals surface area (Å²) < 4.78 is 2.25. The first kappa shape index (κ1) is 23.6. The number of para-hydroxylation sites is 1. The van der Waals surface area contributed by atoms with Crippen LogP contribution in [0.4, 0.5) is 0 Å². The number of carboxylic acid groups (broad SMARTS) is 1. The van der Waals surface area contributed by atoms with E-state index in [4.69, 9.17) is 10.1 Å². The maximum Gasteiger partial charge on any atom is 0.354 e. The predicted molar refractivity (Wildman–Crippen MR) is 140 cm³/mol. The molecule has 0 atom stereocenters. The van der Waals surface area contributed by atoms with Gasteiger partial charge in [-0.25, -0.2) is 9.78 Å². The molecule has 0 fully saturated rings. The van der Waals surface area contributed by atoms with Gasteiger partial charge in [0.05, 0.1) is 5.52 Å². The van der Waals surface area contributed by atoms with Crippen molar-refractivity contribution >= 4 is 50.8 Å². The molecule has 1 N–H and O–H groups in total. The van der Waals surface area contributed by atoms with E-state index in [9.17, 15) is 4.79 Å². The summed E-state index contributed by atoms with van der Waals surface area (Å²) in [7, 11) is 2.12. The van der Waals surface area contributed by atoms with Gasteiger partial charge in [-0.15, -0.1) is 23.8 Å². The van der Waals surface area contributed by atoms with Gasteiger partial charge in [0.15, 0.2) is 0 Å². The van der Waals surface area contributed by atoms with E-state index in [1.807, 2.05) is 0 Å². The first-order valence-electron chi connectivity index (χ1n) is 11.3. The molecule has 7 rings (SSSR count). The molecule has 177 valence electrons. The third-order valence-electron chi connectivity index (χ3n) is 6.34. The Morgan fingerprint density at radius 2 is 1.69 bits per heavy atom. The van der Waals surface area contributed by atoms with Crippen LogP contribution in [-0.4, -0.2) is 25.6 Å². The molecule has 36 heavy (non-hydrogen) atoms.